The standard InChI is InChI=1S/C22H26FNO5S/c1-5-28-20(25)12-15(13-30)29-21(16-10-9-14(23)11-18(16)24-2)17-7-6-8-19(26-3)22(17)27-4/h6-11,13,15,21,24H,5,12H2,1-4H3/t15-,21+/m1/s1. The number of carbonyl (C=O) groups excluding carboxylic acids is 1. The summed E-state index contributed by atoms with van der Waals surface area (Å²) in [6, 6.07) is 9.72. The van der Waals surface area contributed by atoms with Crippen molar-refractivity contribution in [3.05, 3.63) is 53.3 Å². The molecule has 2 atom stereocenters. The van der Waals surface area contributed by atoms with E-state index >= 15 is 0 Å². The van der Waals surface area contributed by atoms with E-state index in [1.165, 1.54) is 31.7 Å². The number of rotatable bonds is 11. The highest BCUT2D eigenvalue weighted by atomic mass is 32.1. The summed E-state index contributed by atoms with van der Waals surface area (Å²) in [5, 5.41) is 4.36. The lowest BCUT2D eigenvalue weighted by molar-refractivity contribution is -0.145. The van der Waals surface area contributed by atoms with E-state index in [4.69, 9.17) is 31.2 Å². The van der Waals surface area contributed by atoms with Crippen LogP contribution in [-0.4, -0.2) is 45.3 Å². The van der Waals surface area contributed by atoms with E-state index in [9.17, 15) is 9.18 Å². The van der Waals surface area contributed by atoms with Crippen LogP contribution in [0.1, 0.15) is 30.6 Å². The third-order valence-electron chi connectivity index (χ3n) is 4.42. The number of esters is 1. The summed E-state index contributed by atoms with van der Waals surface area (Å²) in [5.74, 6) is 0.168. The average molecular weight is 436 g/mol. The second-order valence-electron chi connectivity index (χ2n) is 6.26. The summed E-state index contributed by atoms with van der Waals surface area (Å²) in [5.41, 5.74) is 1.82. The smallest absolute Gasteiger partial charge is 0.308 e. The molecule has 0 saturated carbocycles. The molecule has 2 aromatic carbocycles. The zero-order valence-corrected chi connectivity index (χ0v) is 18.3. The van der Waals surface area contributed by atoms with Gasteiger partial charge in [0.05, 0.1) is 33.4 Å². The number of ether oxygens (including phenoxy) is 4. The Balaban J connectivity index is 2.57. The van der Waals surface area contributed by atoms with Gasteiger partial charge in [0.15, 0.2) is 11.5 Å². The lowest BCUT2D eigenvalue weighted by atomic mass is 9.97. The van der Waals surface area contributed by atoms with Crippen molar-refractivity contribution in [2.24, 2.45) is 0 Å². The zero-order valence-electron chi connectivity index (χ0n) is 17.4. The Kier molecular flexibility index (Phi) is 9.01. The monoisotopic (exact) mass is 435 g/mol. The van der Waals surface area contributed by atoms with E-state index in [1.807, 2.05) is 6.07 Å². The molecule has 0 saturated heterocycles. The maximum Gasteiger partial charge on any atom is 0.308 e. The number of benzene rings is 2. The summed E-state index contributed by atoms with van der Waals surface area (Å²) >= 11 is 5.10. The molecule has 30 heavy (non-hydrogen) atoms. The Hall–Kier alpha value is -2.71. The number of thiocarbonyl (C=S) groups is 1. The number of para-hydroxylation sites is 1. The summed E-state index contributed by atoms with van der Waals surface area (Å²) in [6.45, 7) is 1.99. The Morgan fingerprint density at radius 2 is 1.97 bits per heavy atom. The Morgan fingerprint density at radius 3 is 2.57 bits per heavy atom. The first-order chi connectivity index (χ1) is 14.5. The Labute approximate surface area is 181 Å². The first-order valence-electron chi connectivity index (χ1n) is 9.43. The van der Waals surface area contributed by atoms with Crippen molar-refractivity contribution < 1.29 is 28.1 Å². The minimum Gasteiger partial charge on any atom is -0.493 e. The van der Waals surface area contributed by atoms with Gasteiger partial charge in [-0.15, -0.1) is 0 Å². The molecule has 2 aromatic rings. The van der Waals surface area contributed by atoms with Gasteiger partial charge in [0.25, 0.3) is 0 Å². The molecule has 0 unspecified atom stereocenters. The maximum atomic E-state index is 13.8. The maximum absolute atomic E-state index is 13.8. The predicted octanol–water partition coefficient (Wildman–Crippen LogP) is 4.31. The largest absolute Gasteiger partial charge is 0.493 e. The van der Waals surface area contributed by atoms with Crippen molar-refractivity contribution in [2.75, 3.05) is 33.2 Å². The van der Waals surface area contributed by atoms with Crippen LogP contribution in [0.4, 0.5) is 10.1 Å². The molecule has 0 aromatic heterocycles. The van der Waals surface area contributed by atoms with Crippen LogP contribution in [0.5, 0.6) is 11.5 Å². The number of methoxy groups -OCH3 is 2. The predicted molar refractivity (Wildman–Crippen MR) is 117 cm³/mol. The first kappa shape index (κ1) is 23.6. The Morgan fingerprint density at radius 1 is 1.20 bits per heavy atom. The van der Waals surface area contributed by atoms with Crippen LogP contribution in [0.2, 0.25) is 0 Å². The van der Waals surface area contributed by atoms with Crippen LogP contribution >= 0.6 is 12.2 Å². The molecule has 0 radical (unpaired) electrons. The molecule has 0 aliphatic heterocycles. The van der Waals surface area contributed by atoms with E-state index in [2.05, 4.69) is 5.32 Å². The molecule has 0 amide bonds. The molecule has 0 heterocycles. The van der Waals surface area contributed by atoms with E-state index < -0.39 is 24.0 Å². The van der Waals surface area contributed by atoms with Crippen molar-refractivity contribution >= 4 is 29.2 Å². The molecule has 0 spiro atoms. The topological polar surface area (TPSA) is 66.0 Å². The molecule has 0 bridgehead atoms. The van der Waals surface area contributed by atoms with Crippen molar-refractivity contribution in [3.8, 4) is 11.5 Å². The van der Waals surface area contributed by atoms with Crippen molar-refractivity contribution in [3.63, 3.8) is 0 Å². The third-order valence-corrected chi connectivity index (χ3v) is 4.72. The Bertz CT molecular complexity index is 877. The highest BCUT2D eigenvalue weighted by Crippen LogP contribution is 2.41. The molecule has 0 aliphatic rings. The second kappa shape index (κ2) is 11.5. The summed E-state index contributed by atoms with van der Waals surface area (Å²) in [7, 11) is 4.75. The molecular formula is C22H26FNO5S. The van der Waals surface area contributed by atoms with Gasteiger partial charge in [0, 0.05) is 29.2 Å². The number of hydrogen-bond acceptors (Lipinski definition) is 7. The number of carbonyl (C=O) groups is 1. The lowest BCUT2D eigenvalue weighted by Gasteiger charge is -2.27. The lowest BCUT2D eigenvalue weighted by Crippen LogP contribution is -2.24. The quantitative estimate of drug-likeness (QED) is 0.417. The minimum absolute atomic E-state index is 0.0454. The molecule has 1 N–H and O–H groups in total. The second-order valence-corrected chi connectivity index (χ2v) is 6.54. The van der Waals surface area contributed by atoms with Gasteiger partial charge in [0.1, 0.15) is 11.9 Å². The van der Waals surface area contributed by atoms with Crippen LogP contribution in [0.15, 0.2) is 36.4 Å². The molecule has 0 aliphatic carbocycles. The van der Waals surface area contributed by atoms with Crippen molar-refractivity contribution in [2.45, 2.75) is 25.6 Å². The molecule has 6 nitrogen and oxygen atoms in total. The molecular weight excluding hydrogens is 409 g/mol. The van der Waals surface area contributed by atoms with Crippen LogP contribution < -0.4 is 14.8 Å². The van der Waals surface area contributed by atoms with Crippen LogP contribution in [0.25, 0.3) is 0 Å². The van der Waals surface area contributed by atoms with E-state index in [0.29, 0.717) is 28.3 Å². The molecule has 2 rings (SSSR count). The van der Waals surface area contributed by atoms with Gasteiger partial charge >= 0.3 is 5.97 Å². The van der Waals surface area contributed by atoms with Crippen molar-refractivity contribution in [1.82, 2.24) is 0 Å². The van der Waals surface area contributed by atoms with E-state index in [-0.39, 0.29) is 13.0 Å². The van der Waals surface area contributed by atoms with Gasteiger partial charge in [-0.2, -0.15) is 0 Å². The number of halogens is 1. The number of hydrogen-bond donors (Lipinski definition) is 1. The minimum atomic E-state index is -0.725. The highest BCUT2D eigenvalue weighted by molar-refractivity contribution is 7.79. The van der Waals surface area contributed by atoms with Crippen LogP contribution in [0, 0.1) is 5.82 Å². The first-order valence-corrected chi connectivity index (χ1v) is 9.90. The molecule has 0 fully saturated rings. The van der Waals surface area contributed by atoms with Gasteiger partial charge < -0.3 is 24.3 Å². The fourth-order valence-electron chi connectivity index (χ4n) is 3.09. The molecule has 8 heteroatoms. The highest BCUT2D eigenvalue weighted by Gasteiger charge is 2.27. The average Bonchev–Trinajstić information content (AvgIpc) is 2.76. The SMILES string of the molecule is CCOC(=O)C[C@H](C=S)O[C@@H](c1ccc(F)cc1NC)c1cccc(OC)c1OC. The van der Waals surface area contributed by atoms with E-state index in [0.717, 1.165) is 0 Å². The summed E-state index contributed by atoms with van der Waals surface area (Å²) < 4.78 is 36.1. The fourth-order valence-corrected chi connectivity index (χ4v) is 3.25. The van der Waals surface area contributed by atoms with Gasteiger partial charge in [-0.1, -0.05) is 30.4 Å². The van der Waals surface area contributed by atoms with Crippen molar-refractivity contribution in [1.29, 1.82) is 0 Å². The summed E-state index contributed by atoms with van der Waals surface area (Å²) in [4.78, 5) is 12.0. The normalized spacial score (nSPS) is 12.6. The number of nitrogens with one attached hydrogen (secondary N) is 1. The molecule has 162 valence electrons. The fraction of sp³-hybridized carbons (Fsp3) is 0.364. The third kappa shape index (κ3) is 5.67. The van der Waals surface area contributed by atoms with E-state index in [1.54, 1.807) is 32.2 Å². The zero-order chi connectivity index (χ0) is 22.1. The number of anilines is 1. The van der Waals surface area contributed by atoms with Gasteiger partial charge in [-0.05, 0) is 25.1 Å². The van der Waals surface area contributed by atoms with Crippen LogP contribution in [0.3, 0.4) is 0 Å². The van der Waals surface area contributed by atoms with Crippen LogP contribution in [-0.2, 0) is 14.3 Å². The van der Waals surface area contributed by atoms with Gasteiger partial charge in [-0.3, -0.25) is 4.79 Å². The summed E-state index contributed by atoms with van der Waals surface area (Å²) in [6.07, 6.45) is -1.48. The van der Waals surface area contributed by atoms with Gasteiger partial charge in [0.2, 0.25) is 0 Å². The van der Waals surface area contributed by atoms with Gasteiger partial charge in [-0.25, -0.2) is 4.39 Å².